The highest BCUT2D eigenvalue weighted by molar-refractivity contribution is 6.46. The van der Waals surface area contributed by atoms with Crippen molar-refractivity contribution in [3.8, 4) is 17.2 Å². The van der Waals surface area contributed by atoms with Crippen molar-refractivity contribution in [2.45, 2.75) is 6.92 Å². The summed E-state index contributed by atoms with van der Waals surface area (Å²) in [6, 6.07) is 17.2. The molecule has 0 fully saturated rings. The van der Waals surface area contributed by atoms with Crippen LogP contribution >= 0.6 is 0 Å². The molecule has 8 heteroatoms. The van der Waals surface area contributed by atoms with Crippen LogP contribution in [0.4, 0.5) is 15.8 Å². The molecule has 0 radical (unpaired) electrons. The fourth-order valence-electron chi connectivity index (χ4n) is 3.67. The SMILES string of the molecule is CCOc1ccc(C2=C(Nc3cc(OC)cc(OC)c3)C(=O)N(c3cccc(F)c3)C2=O)cc1. The van der Waals surface area contributed by atoms with E-state index in [1.807, 2.05) is 6.92 Å². The molecule has 0 aliphatic carbocycles. The molecule has 0 saturated carbocycles. The minimum absolute atomic E-state index is 0.0497. The normalized spacial score (nSPS) is 13.4. The summed E-state index contributed by atoms with van der Waals surface area (Å²) in [6.07, 6.45) is 0. The first-order valence-electron chi connectivity index (χ1n) is 10.6. The van der Waals surface area contributed by atoms with Crippen LogP contribution in [0.3, 0.4) is 0 Å². The number of ether oxygens (including phenoxy) is 3. The van der Waals surface area contributed by atoms with Gasteiger partial charge in [-0.25, -0.2) is 9.29 Å². The number of hydrogen-bond donors (Lipinski definition) is 1. The largest absolute Gasteiger partial charge is 0.497 e. The molecule has 0 unspecified atom stereocenters. The van der Waals surface area contributed by atoms with E-state index in [-0.39, 0.29) is 17.0 Å². The monoisotopic (exact) mass is 462 g/mol. The van der Waals surface area contributed by atoms with Gasteiger partial charge in [-0.05, 0) is 42.8 Å². The number of hydrogen-bond acceptors (Lipinski definition) is 6. The van der Waals surface area contributed by atoms with Crippen LogP contribution in [0.25, 0.3) is 5.57 Å². The van der Waals surface area contributed by atoms with E-state index < -0.39 is 17.6 Å². The third-order valence-corrected chi connectivity index (χ3v) is 5.23. The summed E-state index contributed by atoms with van der Waals surface area (Å²) in [6.45, 7) is 2.37. The molecule has 2 amide bonds. The number of benzene rings is 3. The van der Waals surface area contributed by atoms with E-state index >= 15 is 0 Å². The zero-order valence-corrected chi connectivity index (χ0v) is 18.9. The second kappa shape index (κ2) is 9.66. The standard InChI is InChI=1S/C26H23FN2O5/c1-4-34-20-10-8-16(9-11-20)23-24(28-18-13-21(32-2)15-22(14-18)33-3)26(31)29(25(23)30)19-7-5-6-17(27)12-19/h5-15,28H,4H2,1-3H3. The molecule has 0 aromatic heterocycles. The van der Waals surface area contributed by atoms with Crippen molar-refractivity contribution >= 4 is 28.8 Å². The number of amides is 2. The Morgan fingerprint density at radius 2 is 1.53 bits per heavy atom. The highest BCUT2D eigenvalue weighted by Gasteiger charge is 2.40. The number of carbonyl (C=O) groups is 2. The molecule has 3 aromatic carbocycles. The van der Waals surface area contributed by atoms with Crippen LogP contribution in [0, 0.1) is 5.82 Å². The minimum atomic E-state index is -0.610. The van der Waals surface area contributed by atoms with Crippen LogP contribution in [-0.2, 0) is 9.59 Å². The molecule has 34 heavy (non-hydrogen) atoms. The molecule has 0 atom stereocenters. The Bertz CT molecular complexity index is 1250. The van der Waals surface area contributed by atoms with Gasteiger partial charge in [-0.15, -0.1) is 0 Å². The lowest BCUT2D eigenvalue weighted by Gasteiger charge is -2.15. The average Bonchev–Trinajstić information content (AvgIpc) is 3.08. The molecule has 0 saturated heterocycles. The Labute approximate surface area is 196 Å². The Morgan fingerprint density at radius 1 is 0.853 bits per heavy atom. The minimum Gasteiger partial charge on any atom is -0.497 e. The zero-order valence-electron chi connectivity index (χ0n) is 18.9. The number of nitrogens with zero attached hydrogens (tertiary/aromatic N) is 1. The Balaban J connectivity index is 1.81. The summed E-state index contributed by atoms with van der Waals surface area (Å²) in [4.78, 5) is 27.9. The number of anilines is 2. The van der Waals surface area contributed by atoms with Gasteiger partial charge in [0.1, 0.15) is 28.8 Å². The Hall–Kier alpha value is -4.33. The number of carbonyl (C=O) groups excluding carboxylic acids is 2. The van der Waals surface area contributed by atoms with Crippen molar-refractivity contribution < 1.29 is 28.2 Å². The van der Waals surface area contributed by atoms with Gasteiger partial charge in [0.05, 0.1) is 32.1 Å². The molecule has 4 rings (SSSR count). The molecule has 1 aliphatic heterocycles. The number of nitrogens with one attached hydrogen (secondary N) is 1. The van der Waals surface area contributed by atoms with Crippen LogP contribution < -0.4 is 24.4 Å². The third kappa shape index (κ3) is 4.43. The fourth-order valence-corrected chi connectivity index (χ4v) is 3.67. The van der Waals surface area contributed by atoms with Crippen molar-refractivity contribution in [2.24, 2.45) is 0 Å². The molecule has 3 aromatic rings. The van der Waals surface area contributed by atoms with Gasteiger partial charge in [-0.1, -0.05) is 18.2 Å². The molecular weight excluding hydrogens is 439 g/mol. The van der Waals surface area contributed by atoms with Crippen molar-refractivity contribution in [3.05, 3.63) is 83.8 Å². The van der Waals surface area contributed by atoms with Gasteiger partial charge in [-0.2, -0.15) is 0 Å². The van der Waals surface area contributed by atoms with Gasteiger partial charge >= 0.3 is 0 Å². The molecule has 7 nitrogen and oxygen atoms in total. The van der Waals surface area contributed by atoms with Crippen molar-refractivity contribution in [1.82, 2.24) is 0 Å². The molecule has 0 bridgehead atoms. The van der Waals surface area contributed by atoms with Gasteiger partial charge in [0.25, 0.3) is 11.8 Å². The second-order valence-electron chi connectivity index (χ2n) is 7.36. The highest BCUT2D eigenvalue weighted by Crippen LogP contribution is 2.36. The van der Waals surface area contributed by atoms with Gasteiger partial charge in [-0.3, -0.25) is 9.59 Å². The van der Waals surface area contributed by atoms with Crippen LogP contribution in [0.15, 0.2) is 72.4 Å². The van der Waals surface area contributed by atoms with Crippen LogP contribution in [-0.4, -0.2) is 32.6 Å². The maximum absolute atomic E-state index is 13.9. The van der Waals surface area contributed by atoms with Gasteiger partial charge < -0.3 is 19.5 Å². The van der Waals surface area contributed by atoms with E-state index in [9.17, 15) is 14.0 Å². The topological polar surface area (TPSA) is 77.1 Å². The molecule has 1 N–H and O–H groups in total. The molecule has 0 spiro atoms. The fraction of sp³-hybridized carbons (Fsp3) is 0.154. The lowest BCUT2D eigenvalue weighted by atomic mass is 10.0. The summed E-state index contributed by atoms with van der Waals surface area (Å²) in [7, 11) is 3.03. The first kappa shape index (κ1) is 22.8. The van der Waals surface area contributed by atoms with Crippen LogP contribution in [0.2, 0.25) is 0 Å². The molecular formula is C26H23FN2O5. The van der Waals surface area contributed by atoms with Crippen molar-refractivity contribution in [2.75, 3.05) is 31.0 Å². The number of imide groups is 1. The van der Waals surface area contributed by atoms with E-state index in [1.165, 1.54) is 32.4 Å². The summed E-state index contributed by atoms with van der Waals surface area (Å²) in [5, 5.41) is 3.06. The van der Waals surface area contributed by atoms with Crippen molar-refractivity contribution in [1.29, 1.82) is 0 Å². The maximum Gasteiger partial charge on any atom is 0.282 e. The predicted octanol–water partition coefficient (Wildman–Crippen LogP) is 4.64. The first-order valence-corrected chi connectivity index (χ1v) is 10.6. The Kier molecular flexibility index (Phi) is 6.49. The van der Waals surface area contributed by atoms with E-state index in [1.54, 1.807) is 42.5 Å². The lowest BCUT2D eigenvalue weighted by Crippen LogP contribution is -2.32. The summed E-state index contributed by atoms with van der Waals surface area (Å²) >= 11 is 0. The summed E-state index contributed by atoms with van der Waals surface area (Å²) in [5.41, 5.74) is 1.33. The van der Waals surface area contributed by atoms with Crippen LogP contribution in [0.1, 0.15) is 12.5 Å². The molecule has 1 aliphatic rings. The van der Waals surface area contributed by atoms with Crippen molar-refractivity contribution in [3.63, 3.8) is 0 Å². The lowest BCUT2D eigenvalue weighted by molar-refractivity contribution is -0.120. The second-order valence-corrected chi connectivity index (χ2v) is 7.36. The van der Waals surface area contributed by atoms with Gasteiger partial charge in [0, 0.05) is 23.9 Å². The first-order chi connectivity index (χ1) is 16.4. The van der Waals surface area contributed by atoms with E-state index in [0.29, 0.717) is 35.1 Å². The third-order valence-electron chi connectivity index (χ3n) is 5.23. The number of methoxy groups -OCH3 is 2. The highest BCUT2D eigenvalue weighted by atomic mass is 19.1. The van der Waals surface area contributed by atoms with E-state index in [2.05, 4.69) is 5.32 Å². The zero-order chi connectivity index (χ0) is 24.2. The van der Waals surface area contributed by atoms with E-state index in [4.69, 9.17) is 14.2 Å². The maximum atomic E-state index is 13.9. The molecule has 174 valence electrons. The van der Waals surface area contributed by atoms with Crippen LogP contribution in [0.5, 0.6) is 17.2 Å². The summed E-state index contributed by atoms with van der Waals surface area (Å²) < 4.78 is 30.0. The summed E-state index contributed by atoms with van der Waals surface area (Å²) in [5.74, 6) is -0.0941. The average molecular weight is 462 g/mol. The smallest absolute Gasteiger partial charge is 0.282 e. The van der Waals surface area contributed by atoms with E-state index in [0.717, 1.165) is 11.0 Å². The molecule has 1 heterocycles. The quantitative estimate of drug-likeness (QED) is 0.492. The van der Waals surface area contributed by atoms with Gasteiger partial charge in [0.15, 0.2) is 0 Å². The predicted molar refractivity (Wildman–Crippen MR) is 127 cm³/mol. The Morgan fingerprint density at radius 3 is 2.12 bits per heavy atom. The number of halogens is 1. The van der Waals surface area contributed by atoms with Gasteiger partial charge in [0.2, 0.25) is 0 Å². The number of rotatable bonds is 8.